The Hall–Kier alpha value is -1.10. The molecule has 0 saturated heterocycles. The van der Waals surface area contributed by atoms with Crippen molar-refractivity contribution in [2.75, 3.05) is 13.7 Å². The molecule has 5 heteroatoms. The van der Waals surface area contributed by atoms with Crippen LogP contribution in [0.2, 0.25) is 5.02 Å². The maximum Gasteiger partial charge on any atom is 0.239 e. The van der Waals surface area contributed by atoms with Crippen LogP contribution in [0.25, 0.3) is 0 Å². The molecule has 1 aromatic carbocycles. The number of carbonyl (C=O) groups is 1. The van der Waals surface area contributed by atoms with E-state index in [0.29, 0.717) is 5.02 Å². The Labute approximate surface area is 106 Å². The highest BCUT2D eigenvalue weighted by Crippen LogP contribution is 2.21. The maximum atomic E-state index is 11.7. The molecule has 17 heavy (non-hydrogen) atoms. The Morgan fingerprint density at radius 2 is 2.18 bits per heavy atom. The van der Waals surface area contributed by atoms with E-state index < -0.39 is 6.04 Å². The molecule has 94 valence electrons. The second kappa shape index (κ2) is 6.59. The fourth-order valence-corrected chi connectivity index (χ4v) is 1.78. The van der Waals surface area contributed by atoms with Crippen molar-refractivity contribution in [2.45, 2.75) is 19.0 Å². The van der Waals surface area contributed by atoms with E-state index in [0.717, 1.165) is 5.56 Å². The predicted octanol–water partition coefficient (Wildman–Crippen LogP) is 1.49. The molecule has 0 radical (unpaired) electrons. The average molecular weight is 257 g/mol. The van der Waals surface area contributed by atoms with Crippen LogP contribution < -0.4 is 11.1 Å². The minimum atomic E-state index is -0.662. The van der Waals surface area contributed by atoms with Gasteiger partial charge in [-0.1, -0.05) is 29.8 Å². The predicted molar refractivity (Wildman–Crippen MR) is 67.9 cm³/mol. The van der Waals surface area contributed by atoms with Gasteiger partial charge in [0.15, 0.2) is 0 Å². The van der Waals surface area contributed by atoms with Gasteiger partial charge in [0, 0.05) is 12.1 Å². The molecule has 0 aromatic heterocycles. The summed E-state index contributed by atoms with van der Waals surface area (Å²) in [6, 6.07) is 6.53. The summed E-state index contributed by atoms with van der Waals surface area (Å²) in [4.78, 5) is 11.7. The average Bonchev–Trinajstić information content (AvgIpc) is 2.29. The SMILES string of the molecule is COCC(N)C(=O)N[C@H](C)c1ccccc1Cl. The number of rotatable bonds is 5. The molecule has 3 N–H and O–H groups in total. The van der Waals surface area contributed by atoms with E-state index >= 15 is 0 Å². The normalized spacial score (nSPS) is 14.1. The second-order valence-electron chi connectivity index (χ2n) is 3.81. The number of carbonyl (C=O) groups excluding carboxylic acids is 1. The molecule has 0 spiro atoms. The highest BCUT2D eigenvalue weighted by atomic mass is 35.5. The Bertz CT molecular complexity index is 385. The van der Waals surface area contributed by atoms with Crippen molar-refractivity contribution < 1.29 is 9.53 Å². The van der Waals surface area contributed by atoms with Crippen molar-refractivity contribution >= 4 is 17.5 Å². The molecule has 0 aliphatic carbocycles. The maximum absolute atomic E-state index is 11.7. The van der Waals surface area contributed by atoms with E-state index in [4.69, 9.17) is 22.1 Å². The van der Waals surface area contributed by atoms with E-state index in [1.54, 1.807) is 6.07 Å². The van der Waals surface area contributed by atoms with Crippen LogP contribution in [0.3, 0.4) is 0 Å². The smallest absolute Gasteiger partial charge is 0.239 e. The monoisotopic (exact) mass is 256 g/mol. The summed E-state index contributed by atoms with van der Waals surface area (Å²) in [5.41, 5.74) is 6.49. The van der Waals surface area contributed by atoms with Crippen LogP contribution in [0.15, 0.2) is 24.3 Å². The number of halogens is 1. The lowest BCUT2D eigenvalue weighted by atomic mass is 10.1. The molecule has 0 heterocycles. The fourth-order valence-electron chi connectivity index (χ4n) is 1.48. The highest BCUT2D eigenvalue weighted by molar-refractivity contribution is 6.31. The second-order valence-corrected chi connectivity index (χ2v) is 4.22. The third kappa shape index (κ3) is 4.00. The highest BCUT2D eigenvalue weighted by Gasteiger charge is 2.17. The van der Waals surface area contributed by atoms with Gasteiger partial charge in [-0.05, 0) is 18.6 Å². The first-order valence-electron chi connectivity index (χ1n) is 5.35. The van der Waals surface area contributed by atoms with E-state index in [9.17, 15) is 4.79 Å². The van der Waals surface area contributed by atoms with Crippen LogP contribution in [-0.4, -0.2) is 25.7 Å². The molecule has 0 bridgehead atoms. The zero-order valence-corrected chi connectivity index (χ0v) is 10.7. The van der Waals surface area contributed by atoms with Crippen LogP contribution in [0.4, 0.5) is 0 Å². The van der Waals surface area contributed by atoms with E-state index in [2.05, 4.69) is 5.32 Å². The van der Waals surface area contributed by atoms with Gasteiger partial charge < -0.3 is 15.8 Å². The summed E-state index contributed by atoms with van der Waals surface area (Å²) >= 11 is 6.04. The van der Waals surface area contributed by atoms with Gasteiger partial charge in [-0.15, -0.1) is 0 Å². The number of hydrogen-bond acceptors (Lipinski definition) is 3. The lowest BCUT2D eigenvalue weighted by Gasteiger charge is -2.18. The van der Waals surface area contributed by atoms with Gasteiger partial charge in [-0.25, -0.2) is 0 Å². The number of nitrogens with one attached hydrogen (secondary N) is 1. The third-order valence-electron chi connectivity index (χ3n) is 2.41. The summed E-state index contributed by atoms with van der Waals surface area (Å²) < 4.78 is 4.82. The topological polar surface area (TPSA) is 64.3 Å². The number of benzene rings is 1. The molecule has 1 unspecified atom stereocenters. The molecule has 1 aromatic rings. The number of ether oxygens (including phenoxy) is 1. The van der Waals surface area contributed by atoms with Gasteiger partial charge in [0.05, 0.1) is 12.6 Å². The molecule has 2 atom stereocenters. The zero-order chi connectivity index (χ0) is 12.8. The van der Waals surface area contributed by atoms with Crippen molar-refractivity contribution in [3.63, 3.8) is 0 Å². The van der Waals surface area contributed by atoms with Crippen molar-refractivity contribution in [1.82, 2.24) is 5.32 Å². The van der Waals surface area contributed by atoms with Gasteiger partial charge in [-0.3, -0.25) is 4.79 Å². The number of amides is 1. The Morgan fingerprint density at radius 1 is 1.53 bits per heavy atom. The van der Waals surface area contributed by atoms with Gasteiger partial charge >= 0.3 is 0 Å². The van der Waals surface area contributed by atoms with Crippen LogP contribution >= 0.6 is 11.6 Å². The molecule has 0 aliphatic heterocycles. The third-order valence-corrected chi connectivity index (χ3v) is 2.76. The van der Waals surface area contributed by atoms with Gasteiger partial charge in [0.25, 0.3) is 0 Å². The van der Waals surface area contributed by atoms with Crippen LogP contribution in [0, 0.1) is 0 Å². The summed E-state index contributed by atoms with van der Waals surface area (Å²) in [5, 5.41) is 3.42. The molecular formula is C12H17ClN2O2. The Kier molecular flexibility index (Phi) is 5.41. The molecule has 0 saturated carbocycles. The Morgan fingerprint density at radius 3 is 2.76 bits per heavy atom. The van der Waals surface area contributed by atoms with E-state index in [-0.39, 0.29) is 18.6 Å². The first-order valence-corrected chi connectivity index (χ1v) is 5.73. The van der Waals surface area contributed by atoms with Crippen molar-refractivity contribution in [3.8, 4) is 0 Å². The molecule has 0 aliphatic rings. The minimum Gasteiger partial charge on any atom is -0.383 e. The first kappa shape index (κ1) is 14.0. The molecular weight excluding hydrogens is 240 g/mol. The Balaban J connectivity index is 2.63. The van der Waals surface area contributed by atoms with Crippen LogP contribution in [0.1, 0.15) is 18.5 Å². The van der Waals surface area contributed by atoms with Gasteiger partial charge in [0.2, 0.25) is 5.91 Å². The molecule has 1 rings (SSSR count). The van der Waals surface area contributed by atoms with E-state index in [1.807, 2.05) is 25.1 Å². The largest absolute Gasteiger partial charge is 0.383 e. The van der Waals surface area contributed by atoms with Gasteiger partial charge in [0.1, 0.15) is 6.04 Å². The molecule has 1 amide bonds. The quantitative estimate of drug-likeness (QED) is 0.839. The van der Waals surface area contributed by atoms with E-state index in [1.165, 1.54) is 7.11 Å². The summed E-state index contributed by atoms with van der Waals surface area (Å²) in [6.07, 6.45) is 0. The summed E-state index contributed by atoms with van der Waals surface area (Å²) in [5.74, 6) is -0.251. The lowest BCUT2D eigenvalue weighted by molar-refractivity contribution is -0.124. The van der Waals surface area contributed by atoms with Crippen molar-refractivity contribution in [1.29, 1.82) is 0 Å². The number of hydrogen-bond donors (Lipinski definition) is 2. The summed E-state index contributed by atoms with van der Waals surface area (Å²) in [7, 11) is 1.50. The van der Waals surface area contributed by atoms with Crippen LogP contribution in [0.5, 0.6) is 0 Å². The van der Waals surface area contributed by atoms with Gasteiger partial charge in [-0.2, -0.15) is 0 Å². The van der Waals surface area contributed by atoms with Crippen LogP contribution in [-0.2, 0) is 9.53 Å². The first-order chi connectivity index (χ1) is 8.06. The fraction of sp³-hybridized carbons (Fsp3) is 0.417. The number of methoxy groups -OCH3 is 1. The molecule has 4 nitrogen and oxygen atoms in total. The summed E-state index contributed by atoms with van der Waals surface area (Å²) in [6.45, 7) is 2.06. The van der Waals surface area contributed by atoms with Crippen molar-refractivity contribution in [3.05, 3.63) is 34.9 Å². The zero-order valence-electron chi connectivity index (χ0n) is 9.94. The van der Waals surface area contributed by atoms with Crippen molar-refractivity contribution in [2.24, 2.45) is 5.73 Å². The lowest BCUT2D eigenvalue weighted by Crippen LogP contribution is -2.44. The number of nitrogens with two attached hydrogens (primary N) is 1. The molecule has 0 fully saturated rings. The standard InChI is InChI=1S/C12H17ClN2O2/c1-8(9-5-3-4-6-10(9)13)15-12(16)11(14)7-17-2/h3-6,8,11H,7,14H2,1-2H3,(H,15,16)/t8-,11?/m1/s1. The minimum absolute atomic E-state index is 0.181.